The van der Waals surface area contributed by atoms with E-state index in [0.717, 1.165) is 24.3 Å². The lowest BCUT2D eigenvalue weighted by atomic mass is 10.0. The molecule has 3 rings (SSSR count). The number of piperazine rings is 1. The lowest BCUT2D eigenvalue weighted by molar-refractivity contribution is 0.0492. The Morgan fingerprint density at radius 2 is 1.91 bits per heavy atom. The number of amides is 1. The Morgan fingerprint density at radius 3 is 2.59 bits per heavy atom. The zero-order chi connectivity index (χ0) is 15.5. The van der Waals surface area contributed by atoms with Crippen molar-refractivity contribution >= 4 is 5.91 Å². The zero-order valence-corrected chi connectivity index (χ0v) is 12.9. The molecule has 0 radical (unpaired) electrons. The average Bonchev–Trinajstić information content (AvgIpc) is 2.56. The molecule has 1 aromatic heterocycles. The Bertz CT molecular complexity index is 641. The van der Waals surface area contributed by atoms with Crippen LogP contribution >= 0.6 is 0 Å². The molecule has 5 nitrogen and oxygen atoms in total. The fraction of sp³-hybridized carbons (Fsp3) is 0.353. The summed E-state index contributed by atoms with van der Waals surface area (Å²) in [6.45, 7) is 4.26. The first-order chi connectivity index (χ1) is 10.6. The van der Waals surface area contributed by atoms with Gasteiger partial charge in [0.15, 0.2) is 0 Å². The molecule has 0 aliphatic carbocycles. The molecule has 0 bridgehead atoms. The minimum Gasteiger partial charge on any atom is -0.328 e. The highest BCUT2D eigenvalue weighted by molar-refractivity contribution is 5.92. The molecule has 1 unspecified atom stereocenters. The Balaban J connectivity index is 1.89. The predicted octanol–water partition coefficient (Wildman–Crippen LogP) is 1.91. The SMILES string of the molecule is Cc1cnc(C(=O)N2CCN(C)CC2c2ccccc2)cn1. The third-order valence-corrected chi connectivity index (χ3v) is 4.03. The Kier molecular flexibility index (Phi) is 4.15. The van der Waals surface area contributed by atoms with Crippen molar-refractivity contribution in [1.82, 2.24) is 19.8 Å². The molecule has 1 amide bonds. The van der Waals surface area contributed by atoms with Gasteiger partial charge in [-0.05, 0) is 19.5 Å². The molecule has 1 aliphatic rings. The fourth-order valence-electron chi connectivity index (χ4n) is 2.77. The van der Waals surface area contributed by atoms with E-state index in [0.29, 0.717) is 12.2 Å². The van der Waals surface area contributed by atoms with Gasteiger partial charge in [0, 0.05) is 25.8 Å². The standard InChI is InChI=1S/C17H20N4O/c1-13-10-19-15(11-18-13)17(22)21-9-8-20(2)12-16(21)14-6-4-3-5-7-14/h3-7,10-11,16H,8-9,12H2,1-2H3. The lowest BCUT2D eigenvalue weighted by Crippen LogP contribution is -2.49. The number of hydrogen-bond acceptors (Lipinski definition) is 4. The molecular weight excluding hydrogens is 276 g/mol. The molecule has 2 aromatic rings. The second kappa shape index (κ2) is 6.23. The van der Waals surface area contributed by atoms with Crippen LogP contribution in [0.1, 0.15) is 27.8 Å². The van der Waals surface area contributed by atoms with Gasteiger partial charge in [-0.1, -0.05) is 30.3 Å². The maximum absolute atomic E-state index is 12.8. The van der Waals surface area contributed by atoms with Crippen molar-refractivity contribution in [3.63, 3.8) is 0 Å². The van der Waals surface area contributed by atoms with Gasteiger partial charge < -0.3 is 9.80 Å². The van der Waals surface area contributed by atoms with Gasteiger partial charge in [-0.15, -0.1) is 0 Å². The predicted molar refractivity (Wildman–Crippen MR) is 84.5 cm³/mol. The average molecular weight is 296 g/mol. The number of aromatic nitrogens is 2. The van der Waals surface area contributed by atoms with E-state index in [1.807, 2.05) is 30.0 Å². The molecule has 0 saturated carbocycles. The third kappa shape index (κ3) is 2.99. The summed E-state index contributed by atoms with van der Waals surface area (Å²) in [5.41, 5.74) is 2.38. The summed E-state index contributed by atoms with van der Waals surface area (Å²) in [5, 5.41) is 0. The number of hydrogen-bond donors (Lipinski definition) is 0. The molecule has 1 fully saturated rings. The van der Waals surface area contributed by atoms with Gasteiger partial charge in [0.1, 0.15) is 5.69 Å². The van der Waals surface area contributed by atoms with Crippen molar-refractivity contribution in [2.45, 2.75) is 13.0 Å². The quantitative estimate of drug-likeness (QED) is 0.849. The first kappa shape index (κ1) is 14.7. The summed E-state index contributed by atoms with van der Waals surface area (Å²) in [7, 11) is 2.09. The highest BCUT2D eigenvalue weighted by Crippen LogP contribution is 2.26. The molecule has 2 heterocycles. The van der Waals surface area contributed by atoms with Crippen molar-refractivity contribution in [1.29, 1.82) is 0 Å². The molecule has 0 spiro atoms. The van der Waals surface area contributed by atoms with Crippen LogP contribution in [0.15, 0.2) is 42.7 Å². The Hall–Kier alpha value is -2.27. The van der Waals surface area contributed by atoms with Crippen molar-refractivity contribution in [2.24, 2.45) is 0 Å². The van der Waals surface area contributed by atoms with Crippen LogP contribution in [0.5, 0.6) is 0 Å². The van der Waals surface area contributed by atoms with E-state index in [1.165, 1.54) is 0 Å². The summed E-state index contributed by atoms with van der Waals surface area (Å²) in [6, 6.07) is 10.2. The van der Waals surface area contributed by atoms with Crippen LogP contribution in [0.25, 0.3) is 0 Å². The first-order valence-electron chi connectivity index (χ1n) is 7.48. The summed E-state index contributed by atoms with van der Waals surface area (Å²) in [5.74, 6) is -0.0468. The summed E-state index contributed by atoms with van der Waals surface area (Å²) >= 11 is 0. The van der Waals surface area contributed by atoms with E-state index in [4.69, 9.17) is 0 Å². The number of benzene rings is 1. The van der Waals surface area contributed by atoms with E-state index in [2.05, 4.69) is 34.0 Å². The minimum atomic E-state index is -0.0468. The van der Waals surface area contributed by atoms with E-state index < -0.39 is 0 Å². The highest BCUT2D eigenvalue weighted by atomic mass is 16.2. The van der Waals surface area contributed by atoms with Gasteiger partial charge in [0.2, 0.25) is 0 Å². The van der Waals surface area contributed by atoms with Crippen molar-refractivity contribution in [3.05, 3.63) is 59.7 Å². The Labute approximate surface area is 130 Å². The third-order valence-electron chi connectivity index (χ3n) is 4.03. The van der Waals surface area contributed by atoms with E-state index in [9.17, 15) is 4.79 Å². The van der Waals surface area contributed by atoms with Gasteiger partial charge in [-0.25, -0.2) is 4.98 Å². The molecular formula is C17H20N4O. The largest absolute Gasteiger partial charge is 0.328 e. The van der Waals surface area contributed by atoms with Crippen molar-refractivity contribution in [2.75, 3.05) is 26.7 Å². The van der Waals surface area contributed by atoms with Crippen molar-refractivity contribution < 1.29 is 4.79 Å². The smallest absolute Gasteiger partial charge is 0.274 e. The number of carbonyl (C=O) groups is 1. The highest BCUT2D eigenvalue weighted by Gasteiger charge is 2.31. The van der Waals surface area contributed by atoms with E-state index in [-0.39, 0.29) is 11.9 Å². The van der Waals surface area contributed by atoms with Gasteiger partial charge in [-0.2, -0.15) is 0 Å². The van der Waals surface area contributed by atoms with Crippen LogP contribution in [0.4, 0.5) is 0 Å². The summed E-state index contributed by atoms with van der Waals surface area (Å²) in [4.78, 5) is 25.4. The van der Waals surface area contributed by atoms with E-state index >= 15 is 0 Å². The normalized spacial score (nSPS) is 19.2. The molecule has 1 atom stereocenters. The van der Waals surface area contributed by atoms with Crippen LogP contribution in [-0.2, 0) is 0 Å². The van der Waals surface area contributed by atoms with Crippen LogP contribution in [0, 0.1) is 6.92 Å². The minimum absolute atomic E-state index is 0.0468. The zero-order valence-electron chi connectivity index (χ0n) is 12.9. The number of aryl methyl sites for hydroxylation is 1. The van der Waals surface area contributed by atoms with Crippen LogP contribution < -0.4 is 0 Å². The molecule has 1 saturated heterocycles. The first-order valence-corrected chi connectivity index (χ1v) is 7.48. The molecule has 0 N–H and O–H groups in total. The second-order valence-electron chi connectivity index (χ2n) is 5.73. The molecule has 1 aliphatic heterocycles. The monoisotopic (exact) mass is 296 g/mol. The number of carbonyl (C=O) groups excluding carboxylic acids is 1. The topological polar surface area (TPSA) is 49.3 Å². The van der Waals surface area contributed by atoms with Crippen LogP contribution in [0.2, 0.25) is 0 Å². The van der Waals surface area contributed by atoms with Gasteiger partial charge in [-0.3, -0.25) is 9.78 Å². The fourth-order valence-corrected chi connectivity index (χ4v) is 2.77. The number of rotatable bonds is 2. The summed E-state index contributed by atoms with van der Waals surface area (Å²) in [6.07, 6.45) is 3.21. The Morgan fingerprint density at radius 1 is 1.14 bits per heavy atom. The van der Waals surface area contributed by atoms with Crippen molar-refractivity contribution in [3.8, 4) is 0 Å². The molecule has 5 heteroatoms. The van der Waals surface area contributed by atoms with Gasteiger partial charge in [0.05, 0.1) is 17.9 Å². The molecule has 22 heavy (non-hydrogen) atoms. The maximum Gasteiger partial charge on any atom is 0.274 e. The second-order valence-corrected chi connectivity index (χ2v) is 5.73. The van der Waals surface area contributed by atoms with Gasteiger partial charge in [0.25, 0.3) is 5.91 Å². The lowest BCUT2D eigenvalue weighted by Gasteiger charge is -2.40. The number of nitrogens with zero attached hydrogens (tertiary/aromatic N) is 4. The number of likely N-dealkylation sites (N-methyl/N-ethyl adjacent to an activating group) is 1. The van der Waals surface area contributed by atoms with E-state index in [1.54, 1.807) is 12.4 Å². The van der Waals surface area contributed by atoms with Gasteiger partial charge >= 0.3 is 0 Å². The maximum atomic E-state index is 12.8. The van der Waals surface area contributed by atoms with Crippen LogP contribution in [0.3, 0.4) is 0 Å². The summed E-state index contributed by atoms with van der Waals surface area (Å²) < 4.78 is 0. The molecule has 1 aromatic carbocycles. The van der Waals surface area contributed by atoms with Crippen LogP contribution in [-0.4, -0.2) is 52.4 Å². The molecule has 114 valence electrons.